The van der Waals surface area contributed by atoms with Crippen molar-refractivity contribution in [1.82, 2.24) is 0 Å². The van der Waals surface area contributed by atoms with Crippen molar-refractivity contribution in [3.05, 3.63) is 33.9 Å². The van der Waals surface area contributed by atoms with Crippen LogP contribution in [0.4, 0.5) is 0 Å². The molecule has 0 fully saturated rings. The van der Waals surface area contributed by atoms with E-state index in [2.05, 4.69) is 34.6 Å². The van der Waals surface area contributed by atoms with E-state index in [4.69, 9.17) is 0 Å². The van der Waals surface area contributed by atoms with E-state index in [-0.39, 0.29) is 16.6 Å². The summed E-state index contributed by atoms with van der Waals surface area (Å²) in [5.74, 6) is 0.546. The van der Waals surface area contributed by atoms with Crippen molar-refractivity contribution < 1.29 is 9.59 Å². The van der Waals surface area contributed by atoms with Gasteiger partial charge in [0.05, 0.1) is 0 Å². The first kappa shape index (κ1) is 15.9. The molecule has 1 aliphatic carbocycles. The third kappa shape index (κ3) is 2.25. The van der Waals surface area contributed by atoms with Gasteiger partial charge < -0.3 is 0 Å². The van der Waals surface area contributed by atoms with E-state index in [9.17, 15) is 9.59 Å². The van der Waals surface area contributed by atoms with E-state index in [0.717, 1.165) is 29.4 Å². The fraction of sp³-hybridized carbons (Fsp3) is 0.579. The van der Waals surface area contributed by atoms with Gasteiger partial charge in [0.25, 0.3) is 0 Å². The molecule has 0 bridgehead atoms. The highest BCUT2D eigenvalue weighted by Gasteiger charge is 2.44. The number of benzene rings is 1. The maximum atomic E-state index is 12.3. The van der Waals surface area contributed by atoms with Crippen LogP contribution < -0.4 is 0 Å². The lowest BCUT2D eigenvalue weighted by Crippen LogP contribution is -2.42. The summed E-state index contributed by atoms with van der Waals surface area (Å²) in [6.45, 7) is 14.6. The van der Waals surface area contributed by atoms with Crippen LogP contribution in [0.25, 0.3) is 0 Å². The Hall–Kier alpha value is -1.44. The van der Waals surface area contributed by atoms with Gasteiger partial charge in [-0.2, -0.15) is 0 Å². The average molecular weight is 286 g/mol. The number of carbonyl (C=O) groups is 2. The Balaban J connectivity index is 2.98. The van der Waals surface area contributed by atoms with Gasteiger partial charge in [0.15, 0.2) is 5.78 Å². The molecule has 1 unspecified atom stereocenters. The van der Waals surface area contributed by atoms with Crippen LogP contribution in [0.1, 0.15) is 85.4 Å². The predicted octanol–water partition coefficient (Wildman–Crippen LogP) is 4.61. The fourth-order valence-corrected chi connectivity index (χ4v) is 3.94. The second-order valence-corrected chi connectivity index (χ2v) is 7.77. The van der Waals surface area contributed by atoms with Crippen LogP contribution in [0.2, 0.25) is 0 Å². The van der Waals surface area contributed by atoms with Crippen LogP contribution in [0, 0.1) is 12.8 Å². The van der Waals surface area contributed by atoms with Crippen molar-refractivity contribution in [2.45, 2.75) is 65.7 Å². The van der Waals surface area contributed by atoms with E-state index in [1.165, 1.54) is 5.56 Å². The summed E-state index contributed by atoms with van der Waals surface area (Å²) >= 11 is 0. The lowest BCUT2D eigenvalue weighted by atomic mass is 9.56. The Bertz CT molecular complexity index is 621. The largest absolute Gasteiger partial charge is 0.298 e. The monoisotopic (exact) mass is 286 g/mol. The quantitative estimate of drug-likeness (QED) is 0.588. The van der Waals surface area contributed by atoms with Gasteiger partial charge in [0.1, 0.15) is 6.29 Å². The molecule has 21 heavy (non-hydrogen) atoms. The number of aldehydes is 1. The Kier molecular flexibility index (Phi) is 3.64. The first-order valence-corrected chi connectivity index (χ1v) is 7.68. The van der Waals surface area contributed by atoms with Crippen LogP contribution in [0.3, 0.4) is 0 Å². The minimum absolute atomic E-state index is 0.0140. The van der Waals surface area contributed by atoms with Crippen LogP contribution >= 0.6 is 0 Å². The third-order valence-corrected chi connectivity index (χ3v) is 5.53. The van der Waals surface area contributed by atoms with Gasteiger partial charge in [-0.05, 0) is 59.8 Å². The minimum atomic E-state index is -0.0575. The van der Waals surface area contributed by atoms with Crippen molar-refractivity contribution in [2.75, 3.05) is 0 Å². The molecule has 1 aromatic carbocycles. The van der Waals surface area contributed by atoms with Crippen molar-refractivity contribution in [1.29, 1.82) is 0 Å². The van der Waals surface area contributed by atoms with E-state index in [1.54, 1.807) is 6.92 Å². The zero-order chi connectivity index (χ0) is 16.2. The summed E-state index contributed by atoms with van der Waals surface area (Å²) in [5, 5.41) is 0. The molecule has 0 radical (unpaired) electrons. The van der Waals surface area contributed by atoms with Crippen molar-refractivity contribution in [3.8, 4) is 0 Å². The highest BCUT2D eigenvalue weighted by atomic mass is 16.1. The molecule has 0 saturated heterocycles. The maximum Gasteiger partial charge on any atom is 0.160 e. The molecule has 0 aliphatic heterocycles. The molecule has 0 saturated carbocycles. The molecule has 2 rings (SSSR count). The van der Waals surface area contributed by atoms with Gasteiger partial charge in [0.2, 0.25) is 0 Å². The van der Waals surface area contributed by atoms with Crippen molar-refractivity contribution >= 4 is 12.1 Å². The summed E-state index contributed by atoms with van der Waals surface area (Å²) in [7, 11) is 0. The molecule has 1 aliphatic rings. The SMILES string of the molecule is CC(=O)c1c(C)c(C=O)cc2c1C(C)(C)C(C)CC2(C)C. The second-order valence-electron chi connectivity index (χ2n) is 7.77. The molecule has 2 nitrogen and oxygen atoms in total. The number of rotatable bonds is 2. The molecule has 0 spiro atoms. The molecule has 114 valence electrons. The van der Waals surface area contributed by atoms with Gasteiger partial charge in [0, 0.05) is 11.1 Å². The molecular formula is C19H26O2. The molecule has 1 atom stereocenters. The number of hydrogen-bond acceptors (Lipinski definition) is 2. The Morgan fingerprint density at radius 3 is 2.33 bits per heavy atom. The Morgan fingerprint density at radius 2 is 1.86 bits per heavy atom. The number of hydrogen-bond donors (Lipinski definition) is 0. The standard InChI is InChI=1S/C19H26O2/c1-11-9-18(4,5)15-8-14(10-20)12(2)16(13(3)21)17(15)19(11,6)7/h8,10-11H,9H2,1-7H3. The number of fused-ring (bicyclic) bond motifs is 1. The third-order valence-electron chi connectivity index (χ3n) is 5.53. The molecule has 0 N–H and O–H groups in total. The summed E-state index contributed by atoms with van der Waals surface area (Å²) in [6, 6.07) is 2.01. The van der Waals surface area contributed by atoms with E-state index in [1.807, 2.05) is 13.0 Å². The smallest absolute Gasteiger partial charge is 0.160 e. The highest BCUT2D eigenvalue weighted by molar-refractivity contribution is 6.00. The summed E-state index contributed by atoms with van der Waals surface area (Å²) in [4.78, 5) is 23.7. The lowest BCUT2D eigenvalue weighted by Gasteiger charge is -2.47. The lowest BCUT2D eigenvalue weighted by molar-refractivity contribution is 0.101. The molecular weight excluding hydrogens is 260 g/mol. The topological polar surface area (TPSA) is 34.1 Å². The molecule has 1 aromatic rings. The van der Waals surface area contributed by atoms with E-state index < -0.39 is 0 Å². The van der Waals surface area contributed by atoms with Gasteiger partial charge in [-0.15, -0.1) is 0 Å². The maximum absolute atomic E-state index is 12.3. The van der Waals surface area contributed by atoms with E-state index in [0.29, 0.717) is 11.5 Å². The average Bonchev–Trinajstić information content (AvgIpc) is 2.35. The van der Waals surface area contributed by atoms with Gasteiger partial charge in [-0.25, -0.2) is 0 Å². The Morgan fingerprint density at radius 1 is 1.29 bits per heavy atom. The van der Waals surface area contributed by atoms with Crippen LogP contribution in [0.15, 0.2) is 6.07 Å². The zero-order valence-corrected chi connectivity index (χ0v) is 14.3. The first-order chi connectivity index (χ1) is 9.54. The summed E-state index contributed by atoms with van der Waals surface area (Å²) < 4.78 is 0. The van der Waals surface area contributed by atoms with Gasteiger partial charge >= 0.3 is 0 Å². The molecule has 0 amide bonds. The van der Waals surface area contributed by atoms with Crippen molar-refractivity contribution in [2.24, 2.45) is 5.92 Å². The normalized spacial score (nSPS) is 22.5. The highest BCUT2D eigenvalue weighted by Crippen LogP contribution is 2.51. The fourth-order valence-electron chi connectivity index (χ4n) is 3.94. The Labute approximate surface area is 127 Å². The van der Waals surface area contributed by atoms with E-state index >= 15 is 0 Å². The van der Waals surface area contributed by atoms with Gasteiger partial charge in [-0.1, -0.05) is 34.6 Å². The van der Waals surface area contributed by atoms with Gasteiger partial charge in [-0.3, -0.25) is 9.59 Å². The van der Waals surface area contributed by atoms with Crippen molar-refractivity contribution in [3.63, 3.8) is 0 Å². The molecule has 0 heterocycles. The minimum Gasteiger partial charge on any atom is -0.298 e. The van der Waals surface area contributed by atoms with Crippen LogP contribution in [-0.4, -0.2) is 12.1 Å². The molecule has 2 heteroatoms. The predicted molar refractivity (Wildman–Crippen MR) is 86.4 cm³/mol. The molecule has 0 aromatic heterocycles. The summed E-state index contributed by atoms with van der Waals surface area (Å²) in [5.41, 5.74) is 4.49. The first-order valence-electron chi connectivity index (χ1n) is 7.68. The number of carbonyl (C=O) groups excluding carboxylic acids is 2. The number of Topliss-reactive ketones (excluding diaryl/α,β-unsaturated/α-hetero) is 1. The zero-order valence-electron chi connectivity index (χ0n) is 14.3. The number of ketones is 1. The van der Waals surface area contributed by atoms with Crippen LogP contribution in [0.5, 0.6) is 0 Å². The summed E-state index contributed by atoms with van der Waals surface area (Å²) in [6.07, 6.45) is 1.94. The second kappa shape index (κ2) is 4.79. The van der Waals surface area contributed by atoms with Crippen LogP contribution in [-0.2, 0) is 10.8 Å².